The van der Waals surface area contributed by atoms with Gasteiger partial charge in [-0.1, -0.05) is 44.2 Å². The molecule has 0 saturated heterocycles. The van der Waals surface area contributed by atoms with E-state index in [9.17, 15) is 4.79 Å². The predicted molar refractivity (Wildman–Crippen MR) is 79.3 cm³/mol. The average molecular weight is 272 g/mol. The summed E-state index contributed by atoms with van der Waals surface area (Å²) in [7, 11) is 0. The molecule has 0 bridgehead atoms. The van der Waals surface area contributed by atoms with Crippen molar-refractivity contribution < 1.29 is 4.79 Å². The van der Waals surface area contributed by atoms with Gasteiger partial charge in [0.2, 0.25) is 5.91 Å². The molecule has 5 heteroatoms. The van der Waals surface area contributed by atoms with Crippen LogP contribution in [0.3, 0.4) is 0 Å². The van der Waals surface area contributed by atoms with Crippen molar-refractivity contribution in [3.63, 3.8) is 0 Å². The van der Waals surface area contributed by atoms with Crippen LogP contribution < -0.4 is 11.1 Å². The number of H-pyrrole nitrogens is 1. The van der Waals surface area contributed by atoms with Crippen molar-refractivity contribution in [2.24, 2.45) is 5.73 Å². The van der Waals surface area contributed by atoms with Gasteiger partial charge in [0.1, 0.15) is 5.54 Å². The van der Waals surface area contributed by atoms with Crippen LogP contribution >= 0.6 is 0 Å². The molecular weight excluding hydrogens is 252 g/mol. The standard InChI is InChI=1S/C15H20N4O/c1-10(2)12-9-13(19-18-12)17-14(20)15(3,16)11-7-5-4-6-8-11/h4-10H,16H2,1-3H3,(H2,17,18,19,20). The highest BCUT2D eigenvalue weighted by Crippen LogP contribution is 2.20. The summed E-state index contributed by atoms with van der Waals surface area (Å²) in [5, 5.41) is 9.72. The van der Waals surface area contributed by atoms with Crippen LogP contribution in [-0.4, -0.2) is 16.1 Å². The maximum absolute atomic E-state index is 12.3. The molecule has 2 aromatic rings. The Kier molecular flexibility index (Phi) is 3.90. The molecule has 5 nitrogen and oxygen atoms in total. The molecule has 1 atom stereocenters. The molecule has 1 heterocycles. The fourth-order valence-electron chi connectivity index (χ4n) is 1.86. The number of anilines is 1. The van der Waals surface area contributed by atoms with Crippen LogP contribution in [0, 0.1) is 0 Å². The topological polar surface area (TPSA) is 83.8 Å². The van der Waals surface area contributed by atoms with Crippen LogP contribution in [0.5, 0.6) is 0 Å². The van der Waals surface area contributed by atoms with Gasteiger partial charge in [0.15, 0.2) is 5.82 Å². The molecule has 0 fully saturated rings. The van der Waals surface area contributed by atoms with Crippen molar-refractivity contribution in [3.05, 3.63) is 47.7 Å². The number of carbonyl (C=O) groups is 1. The Bertz CT molecular complexity index is 587. The van der Waals surface area contributed by atoms with Crippen molar-refractivity contribution in [3.8, 4) is 0 Å². The van der Waals surface area contributed by atoms with E-state index in [0.717, 1.165) is 11.3 Å². The first-order valence-electron chi connectivity index (χ1n) is 6.62. The molecule has 106 valence electrons. The summed E-state index contributed by atoms with van der Waals surface area (Å²) in [6.45, 7) is 5.79. The lowest BCUT2D eigenvalue weighted by molar-refractivity contribution is -0.120. The first kappa shape index (κ1) is 14.3. The minimum absolute atomic E-state index is 0.287. The van der Waals surface area contributed by atoms with Crippen molar-refractivity contribution in [1.82, 2.24) is 10.2 Å². The largest absolute Gasteiger partial charge is 0.314 e. The second kappa shape index (κ2) is 5.46. The van der Waals surface area contributed by atoms with Gasteiger partial charge in [-0.05, 0) is 18.4 Å². The highest BCUT2D eigenvalue weighted by Gasteiger charge is 2.30. The van der Waals surface area contributed by atoms with E-state index in [1.165, 1.54) is 0 Å². The van der Waals surface area contributed by atoms with Gasteiger partial charge in [-0.3, -0.25) is 9.89 Å². The van der Waals surface area contributed by atoms with E-state index in [1.54, 1.807) is 6.92 Å². The van der Waals surface area contributed by atoms with Gasteiger partial charge in [0.05, 0.1) is 0 Å². The Balaban J connectivity index is 2.14. The van der Waals surface area contributed by atoms with Gasteiger partial charge in [-0.25, -0.2) is 0 Å². The Morgan fingerprint density at radius 2 is 2.00 bits per heavy atom. The number of carbonyl (C=O) groups excluding carboxylic acids is 1. The van der Waals surface area contributed by atoms with Crippen molar-refractivity contribution in [2.75, 3.05) is 5.32 Å². The Morgan fingerprint density at radius 1 is 1.35 bits per heavy atom. The van der Waals surface area contributed by atoms with E-state index in [2.05, 4.69) is 29.4 Å². The summed E-state index contributed by atoms with van der Waals surface area (Å²) in [6.07, 6.45) is 0. The zero-order valence-electron chi connectivity index (χ0n) is 12.0. The van der Waals surface area contributed by atoms with E-state index in [-0.39, 0.29) is 5.91 Å². The van der Waals surface area contributed by atoms with Crippen LogP contribution in [0.1, 0.15) is 37.9 Å². The third-order valence-electron chi connectivity index (χ3n) is 3.31. The number of aromatic amines is 1. The third kappa shape index (κ3) is 2.88. The number of benzene rings is 1. The Morgan fingerprint density at radius 3 is 2.55 bits per heavy atom. The van der Waals surface area contributed by atoms with Gasteiger partial charge in [0.25, 0.3) is 0 Å². The van der Waals surface area contributed by atoms with E-state index in [4.69, 9.17) is 5.73 Å². The number of hydrogen-bond donors (Lipinski definition) is 3. The smallest absolute Gasteiger partial charge is 0.249 e. The molecule has 0 radical (unpaired) electrons. The second-order valence-electron chi connectivity index (χ2n) is 5.39. The average Bonchev–Trinajstić information content (AvgIpc) is 2.88. The molecule has 0 aliphatic rings. The van der Waals surface area contributed by atoms with Gasteiger partial charge < -0.3 is 11.1 Å². The highest BCUT2D eigenvalue weighted by atomic mass is 16.2. The fraction of sp³-hybridized carbons (Fsp3) is 0.333. The lowest BCUT2D eigenvalue weighted by Crippen LogP contribution is -2.45. The zero-order valence-corrected chi connectivity index (χ0v) is 12.0. The molecule has 0 spiro atoms. The maximum Gasteiger partial charge on any atom is 0.249 e. The molecule has 0 aliphatic carbocycles. The minimum atomic E-state index is -1.10. The van der Waals surface area contributed by atoms with Crippen LogP contribution in [0.4, 0.5) is 5.82 Å². The zero-order chi connectivity index (χ0) is 14.8. The van der Waals surface area contributed by atoms with Gasteiger partial charge in [-0.2, -0.15) is 5.10 Å². The Hall–Kier alpha value is -2.14. The predicted octanol–water partition coefficient (Wildman–Crippen LogP) is 2.35. The van der Waals surface area contributed by atoms with Gasteiger partial charge in [-0.15, -0.1) is 0 Å². The molecule has 1 aromatic heterocycles. The van der Waals surface area contributed by atoms with Crippen LogP contribution in [0.25, 0.3) is 0 Å². The summed E-state index contributed by atoms with van der Waals surface area (Å²) < 4.78 is 0. The van der Waals surface area contributed by atoms with E-state index in [0.29, 0.717) is 11.7 Å². The van der Waals surface area contributed by atoms with E-state index in [1.807, 2.05) is 36.4 Å². The number of hydrogen-bond acceptors (Lipinski definition) is 3. The summed E-state index contributed by atoms with van der Waals surface area (Å²) in [4.78, 5) is 12.3. The van der Waals surface area contributed by atoms with Crippen LogP contribution in [0.2, 0.25) is 0 Å². The quantitative estimate of drug-likeness (QED) is 0.798. The highest BCUT2D eigenvalue weighted by molar-refractivity contribution is 5.97. The van der Waals surface area contributed by atoms with Crippen LogP contribution in [0.15, 0.2) is 36.4 Å². The summed E-state index contributed by atoms with van der Waals surface area (Å²) >= 11 is 0. The number of nitrogens with two attached hydrogens (primary N) is 1. The molecule has 1 unspecified atom stereocenters. The summed E-state index contributed by atoms with van der Waals surface area (Å²) in [6, 6.07) is 11.1. The number of aromatic nitrogens is 2. The number of amides is 1. The first-order chi connectivity index (χ1) is 9.41. The molecule has 1 aromatic carbocycles. The maximum atomic E-state index is 12.3. The lowest BCUT2D eigenvalue weighted by atomic mass is 9.92. The first-order valence-corrected chi connectivity index (χ1v) is 6.62. The molecule has 4 N–H and O–H groups in total. The molecule has 20 heavy (non-hydrogen) atoms. The van der Waals surface area contributed by atoms with Crippen molar-refractivity contribution >= 4 is 11.7 Å². The minimum Gasteiger partial charge on any atom is -0.314 e. The van der Waals surface area contributed by atoms with Crippen molar-refractivity contribution in [2.45, 2.75) is 32.2 Å². The lowest BCUT2D eigenvalue weighted by Gasteiger charge is -2.23. The molecule has 1 amide bonds. The second-order valence-corrected chi connectivity index (χ2v) is 5.39. The number of nitrogens with zero attached hydrogens (tertiary/aromatic N) is 1. The number of nitrogens with one attached hydrogen (secondary N) is 2. The van der Waals surface area contributed by atoms with Crippen molar-refractivity contribution in [1.29, 1.82) is 0 Å². The van der Waals surface area contributed by atoms with Crippen LogP contribution in [-0.2, 0) is 10.3 Å². The fourth-order valence-corrected chi connectivity index (χ4v) is 1.86. The van der Waals surface area contributed by atoms with E-state index < -0.39 is 5.54 Å². The normalized spacial score (nSPS) is 14.1. The molecule has 0 saturated carbocycles. The Labute approximate surface area is 118 Å². The molecule has 0 aliphatic heterocycles. The van der Waals surface area contributed by atoms with Gasteiger partial charge in [0, 0.05) is 11.8 Å². The number of rotatable bonds is 4. The monoisotopic (exact) mass is 272 g/mol. The SMILES string of the molecule is CC(C)c1cc(NC(=O)C(C)(N)c2ccccc2)n[nH]1. The summed E-state index contributed by atoms with van der Waals surface area (Å²) in [5.74, 6) is 0.531. The van der Waals surface area contributed by atoms with E-state index >= 15 is 0 Å². The third-order valence-corrected chi connectivity index (χ3v) is 3.31. The summed E-state index contributed by atoms with van der Waals surface area (Å²) in [5.41, 5.74) is 6.78. The molecule has 2 rings (SSSR count). The van der Waals surface area contributed by atoms with Gasteiger partial charge >= 0.3 is 0 Å². The molecular formula is C15H20N4O.